The Labute approximate surface area is 125 Å². The molecule has 2 N–H and O–H groups in total. The van der Waals surface area contributed by atoms with E-state index < -0.39 is 11.5 Å². The second kappa shape index (κ2) is 7.22. The molecule has 1 amide bonds. The molecule has 0 aromatic carbocycles. The average Bonchev–Trinajstić information content (AvgIpc) is 2.47. The molecule has 2 rings (SSSR count). The monoisotopic (exact) mass is 299 g/mol. The Balaban J connectivity index is 1.83. The van der Waals surface area contributed by atoms with Crippen LogP contribution in [0.1, 0.15) is 45.4 Å². The Hall–Kier alpha value is -1.14. The molecule has 0 bridgehead atoms. The largest absolute Gasteiger partial charge is 0.480 e. The van der Waals surface area contributed by atoms with Crippen molar-refractivity contribution in [3.63, 3.8) is 0 Å². The smallest absolute Gasteiger partial charge is 0.329 e. The Morgan fingerprint density at radius 3 is 2.57 bits per heavy atom. The maximum absolute atomic E-state index is 12.0. The van der Waals surface area contributed by atoms with Crippen molar-refractivity contribution in [1.29, 1.82) is 0 Å². The van der Waals surface area contributed by atoms with Gasteiger partial charge in [0.25, 0.3) is 0 Å². The number of nitrogens with one attached hydrogen (secondary N) is 1. The lowest BCUT2D eigenvalue weighted by Crippen LogP contribution is -2.58. The lowest BCUT2D eigenvalue weighted by Gasteiger charge is -2.34. The van der Waals surface area contributed by atoms with Crippen LogP contribution in [0.3, 0.4) is 0 Å². The van der Waals surface area contributed by atoms with Crippen LogP contribution in [0.25, 0.3) is 0 Å². The Kier molecular flexibility index (Phi) is 5.58. The van der Waals surface area contributed by atoms with Crippen LogP contribution in [-0.2, 0) is 19.1 Å². The van der Waals surface area contributed by atoms with Crippen LogP contribution < -0.4 is 5.32 Å². The zero-order chi connectivity index (χ0) is 15.3. The van der Waals surface area contributed by atoms with Crippen LogP contribution >= 0.6 is 0 Å². The lowest BCUT2D eigenvalue weighted by molar-refractivity contribution is -0.153. The van der Waals surface area contributed by atoms with Crippen molar-refractivity contribution in [3.8, 4) is 0 Å². The quantitative estimate of drug-likeness (QED) is 0.800. The maximum Gasteiger partial charge on any atom is 0.329 e. The van der Waals surface area contributed by atoms with Crippen LogP contribution in [0, 0.1) is 5.92 Å². The molecule has 0 radical (unpaired) electrons. The van der Waals surface area contributed by atoms with Crippen molar-refractivity contribution < 1.29 is 24.2 Å². The summed E-state index contributed by atoms with van der Waals surface area (Å²) in [7, 11) is 0. The Morgan fingerprint density at radius 1 is 1.29 bits per heavy atom. The van der Waals surface area contributed by atoms with E-state index in [1.54, 1.807) is 0 Å². The van der Waals surface area contributed by atoms with Crippen LogP contribution in [-0.4, -0.2) is 48.4 Å². The maximum atomic E-state index is 12.0. The van der Waals surface area contributed by atoms with Crippen molar-refractivity contribution in [2.24, 2.45) is 5.92 Å². The summed E-state index contributed by atoms with van der Waals surface area (Å²) in [6.45, 7) is 2.78. The van der Waals surface area contributed by atoms with Crippen molar-refractivity contribution >= 4 is 11.9 Å². The molecule has 2 fully saturated rings. The molecule has 0 spiro atoms. The first-order valence-corrected chi connectivity index (χ1v) is 7.77. The van der Waals surface area contributed by atoms with Gasteiger partial charge in [-0.1, -0.05) is 19.8 Å². The minimum atomic E-state index is -1.20. The summed E-state index contributed by atoms with van der Waals surface area (Å²) in [6.07, 6.45) is 5.17. The highest BCUT2D eigenvalue weighted by molar-refractivity contribution is 5.87. The predicted octanol–water partition coefficient (Wildman–Crippen LogP) is 1.33. The minimum Gasteiger partial charge on any atom is -0.480 e. The normalized spacial score (nSPS) is 28.8. The number of rotatable bonds is 5. The number of amides is 1. The number of carbonyl (C=O) groups excluding carboxylic acids is 1. The molecule has 1 heterocycles. The van der Waals surface area contributed by atoms with Gasteiger partial charge in [0.15, 0.2) is 0 Å². The van der Waals surface area contributed by atoms with Gasteiger partial charge >= 0.3 is 5.97 Å². The highest BCUT2D eigenvalue weighted by Crippen LogP contribution is 2.26. The second-order valence-electron chi connectivity index (χ2n) is 6.16. The molecule has 2 atom stereocenters. The summed E-state index contributed by atoms with van der Waals surface area (Å²) in [6, 6.07) is 0. The topological polar surface area (TPSA) is 84.9 Å². The predicted molar refractivity (Wildman–Crippen MR) is 75.9 cm³/mol. The molecular formula is C15H25NO5. The van der Waals surface area contributed by atoms with E-state index in [1.807, 2.05) is 0 Å². The van der Waals surface area contributed by atoms with Gasteiger partial charge in [-0.15, -0.1) is 0 Å². The fourth-order valence-corrected chi connectivity index (χ4v) is 3.13. The van der Waals surface area contributed by atoms with E-state index in [1.165, 1.54) is 6.42 Å². The third-order valence-corrected chi connectivity index (χ3v) is 4.60. The van der Waals surface area contributed by atoms with E-state index in [-0.39, 0.29) is 18.6 Å². The summed E-state index contributed by atoms with van der Waals surface area (Å²) in [5.41, 5.74) is -1.20. The third kappa shape index (κ3) is 4.17. The summed E-state index contributed by atoms with van der Waals surface area (Å²) in [5, 5.41) is 12.0. The van der Waals surface area contributed by atoms with E-state index >= 15 is 0 Å². The number of carbonyl (C=O) groups is 2. The molecule has 1 aliphatic carbocycles. The molecule has 120 valence electrons. The van der Waals surface area contributed by atoms with Crippen molar-refractivity contribution in [1.82, 2.24) is 5.32 Å². The first-order valence-electron chi connectivity index (χ1n) is 7.77. The number of hydrogen-bond donors (Lipinski definition) is 2. The zero-order valence-electron chi connectivity index (χ0n) is 12.6. The first-order chi connectivity index (χ1) is 10.0. The number of ether oxygens (including phenoxy) is 2. The molecule has 0 aromatic heterocycles. The summed E-state index contributed by atoms with van der Waals surface area (Å²) in [5.74, 6) is -0.884. The third-order valence-electron chi connectivity index (χ3n) is 4.60. The summed E-state index contributed by atoms with van der Waals surface area (Å²) < 4.78 is 10.9. The zero-order valence-corrected chi connectivity index (χ0v) is 12.6. The summed E-state index contributed by atoms with van der Waals surface area (Å²) >= 11 is 0. The van der Waals surface area contributed by atoms with E-state index in [2.05, 4.69) is 12.2 Å². The molecule has 1 saturated carbocycles. The van der Waals surface area contributed by atoms with E-state index in [9.17, 15) is 14.7 Å². The Bertz CT molecular complexity index is 378. The van der Waals surface area contributed by atoms with Gasteiger partial charge in [0.2, 0.25) is 5.91 Å². The second-order valence-corrected chi connectivity index (χ2v) is 6.16. The van der Waals surface area contributed by atoms with Crippen LogP contribution in [0.5, 0.6) is 0 Å². The minimum absolute atomic E-state index is 0.0646. The molecule has 21 heavy (non-hydrogen) atoms. The van der Waals surface area contributed by atoms with Gasteiger partial charge in [-0.2, -0.15) is 0 Å². The van der Waals surface area contributed by atoms with Crippen molar-refractivity contribution in [2.45, 2.75) is 57.1 Å². The van der Waals surface area contributed by atoms with Crippen LogP contribution in [0.2, 0.25) is 0 Å². The lowest BCUT2D eigenvalue weighted by atomic mass is 9.88. The van der Waals surface area contributed by atoms with Gasteiger partial charge in [0.1, 0.15) is 12.1 Å². The number of carboxylic acid groups (broad SMARTS) is 1. The number of carboxylic acids is 1. The molecule has 2 aliphatic rings. The fourth-order valence-electron chi connectivity index (χ4n) is 3.13. The first kappa shape index (κ1) is 16.2. The highest BCUT2D eigenvalue weighted by atomic mass is 16.5. The molecule has 1 saturated heterocycles. The highest BCUT2D eigenvalue weighted by Gasteiger charge is 2.41. The number of hydrogen-bond acceptors (Lipinski definition) is 4. The molecular weight excluding hydrogens is 274 g/mol. The molecule has 6 nitrogen and oxygen atoms in total. The summed E-state index contributed by atoms with van der Waals surface area (Å²) in [4.78, 5) is 23.5. The van der Waals surface area contributed by atoms with Crippen LogP contribution in [0.4, 0.5) is 0 Å². The molecule has 0 aromatic rings. The van der Waals surface area contributed by atoms with Gasteiger partial charge in [0, 0.05) is 26.1 Å². The van der Waals surface area contributed by atoms with Gasteiger partial charge < -0.3 is 19.9 Å². The van der Waals surface area contributed by atoms with E-state index in [0.717, 1.165) is 19.3 Å². The van der Waals surface area contributed by atoms with E-state index in [4.69, 9.17) is 9.47 Å². The van der Waals surface area contributed by atoms with Gasteiger partial charge in [-0.25, -0.2) is 4.79 Å². The fraction of sp³-hybridized carbons (Fsp3) is 0.867. The van der Waals surface area contributed by atoms with Gasteiger partial charge in [-0.3, -0.25) is 4.79 Å². The number of aliphatic carboxylic acids is 1. The molecule has 6 heteroatoms. The SMILES string of the molecule is CC1CCCCC1OCC(=O)NC1(C(=O)O)CCOCC1. The average molecular weight is 299 g/mol. The Morgan fingerprint density at radius 2 is 1.95 bits per heavy atom. The van der Waals surface area contributed by atoms with Crippen molar-refractivity contribution in [3.05, 3.63) is 0 Å². The van der Waals surface area contributed by atoms with Crippen LogP contribution in [0.15, 0.2) is 0 Å². The van der Waals surface area contributed by atoms with E-state index in [0.29, 0.717) is 32.0 Å². The molecule has 1 aliphatic heterocycles. The van der Waals surface area contributed by atoms with Gasteiger partial charge in [0.05, 0.1) is 6.10 Å². The standard InChI is InChI=1S/C15H25NO5/c1-11-4-2-3-5-12(11)21-10-13(17)16-15(14(18)19)6-8-20-9-7-15/h11-12H,2-10H2,1H3,(H,16,17)(H,18,19). The van der Waals surface area contributed by atoms with Crippen molar-refractivity contribution in [2.75, 3.05) is 19.8 Å². The molecule has 2 unspecified atom stereocenters. The van der Waals surface area contributed by atoms with Gasteiger partial charge in [-0.05, 0) is 18.8 Å².